The van der Waals surface area contributed by atoms with Gasteiger partial charge in [-0.05, 0) is 49.8 Å². The fourth-order valence-corrected chi connectivity index (χ4v) is 4.89. The van der Waals surface area contributed by atoms with Crippen LogP contribution in [-0.4, -0.2) is 36.3 Å². The molecule has 6 nitrogen and oxygen atoms in total. The zero-order valence-electron chi connectivity index (χ0n) is 18.6. The van der Waals surface area contributed by atoms with Crippen molar-refractivity contribution in [3.05, 3.63) is 69.8 Å². The lowest BCUT2D eigenvalue weighted by atomic mass is 9.95. The summed E-state index contributed by atoms with van der Waals surface area (Å²) in [6.45, 7) is 9.04. The van der Waals surface area contributed by atoms with E-state index in [0.717, 1.165) is 54.1 Å². The van der Waals surface area contributed by atoms with Crippen LogP contribution in [0.2, 0.25) is 0 Å². The van der Waals surface area contributed by atoms with Gasteiger partial charge in [0.2, 0.25) is 0 Å². The second-order valence-corrected chi connectivity index (χ2v) is 9.22. The van der Waals surface area contributed by atoms with Gasteiger partial charge in [0.1, 0.15) is 10.9 Å². The van der Waals surface area contributed by atoms with Gasteiger partial charge in [0, 0.05) is 49.3 Å². The van der Waals surface area contributed by atoms with Crippen molar-refractivity contribution in [1.82, 2.24) is 10.2 Å². The minimum absolute atomic E-state index is 0.176. The van der Waals surface area contributed by atoms with Crippen molar-refractivity contribution in [2.45, 2.75) is 33.2 Å². The highest BCUT2D eigenvalue weighted by Gasteiger charge is 2.24. The summed E-state index contributed by atoms with van der Waals surface area (Å²) < 4.78 is 5.86. The van der Waals surface area contributed by atoms with Crippen molar-refractivity contribution in [1.29, 1.82) is 0 Å². The maximum atomic E-state index is 13.0. The molecule has 0 saturated carbocycles. The Kier molecular flexibility index (Phi) is 5.43. The molecule has 0 radical (unpaired) electrons. The highest BCUT2D eigenvalue weighted by Crippen LogP contribution is 2.34. The number of fused-ring (bicyclic) bond motifs is 2. The van der Waals surface area contributed by atoms with Crippen molar-refractivity contribution in [2.24, 2.45) is 10.9 Å². The molecule has 0 spiro atoms. The molecule has 0 bridgehead atoms. The summed E-state index contributed by atoms with van der Waals surface area (Å²) in [7, 11) is 0. The van der Waals surface area contributed by atoms with Gasteiger partial charge in [0.05, 0.1) is 16.8 Å². The van der Waals surface area contributed by atoms with Crippen LogP contribution in [0.4, 0.5) is 5.69 Å². The van der Waals surface area contributed by atoms with E-state index in [1.54, 1.807) is 6.20 Å². The van der Waals surface area contributed by atoms with Gasteiger partial charge in [-0.25, -0.2) is 9.79 Å². The number of rotatable bonds is 2. The summed E-state index contributed by atoms with van der Waals surface area (Å²) in [5, 5.41) is 5.38. The lowest BCUT2D eigenvalue weighted by Gasteiger charge is -2.33. The second kappa shape index (κ2) is 8.26. The van der Waals surface area contributed by atoms with Crippen LogP contribution in [0.3, 0.4) is 0 Å². The molecule has 1 aromatic carbocycles. The van der Waals surface area contributed by atoms with Gasteiger partial charge in [-0.3, -0.25) is 0 Å². The second-order valence-electron chi connectivity index (χ2n) is 8.84. The number of aliphatic imine (C=N–C) groups is 1. The number of nitrogens with zero attached hydrogens (tertiary/aromatic N) is 3. The van der Waals surface area contributed by atoms with Crippen molar-refractivity contribution >= 4 is 39.3 Å². The maximum absolute atomic E-state index is 13.0. The third kappa shape index (κ3) is 3.89. The molecule has 1 fully saturated rings. The van der Waals surface area contributed by atoms with Gasteiger partial charge in [0.25, 0.3) is 0 Å². The number of hydrogen-bond acceptors (Lipinski definition) is 6. The van der Waals surface area contributed by atoms with Crippen LogP contribution in [0.1, 0.15) is 33.0 Å². The standard InChI is InChI=1S/C25H27ClN4O2/c1-15-4-7-22-17(3)28-24(26)14-30(22)13-21(15)23-10-18-5-6-19(11-20(18)25(31)32-23)29-9-8-27-16(2)12-29/h5-7,10-11,13-16,27H,4,8-9,12H2,1-3H3. The normalized spacial score (nSPS) is 23.8. The molecule has 1 aromatic heterocycles. The Hall–Kier alpha value is -2.83. The summed E-state index contributed by atoms with van der Waals surface area (Å²) in [4.78, 5) is 21.7. The van der Waals surface area contributed by atoms with E-state index in [0.29, 0.717) is 22.3 Å². The molecular formula is C25H27ClN4O2. The van der Waals surface area contributed by atoms with Gasteiger partial charge in [-0.15, -0.1) is 0 Å². The number of piperazine rings is 1. The molecule has 1 saturated heterocycles. The summed E-state index contributed by atoms with van der Waals surface area (Å²) in [5.74, 6) is 0.771. The first-order chi connectivity index (χ1) is 15.4. The van der Waals surface area contributed by atoms with E-state index < -0.39 is 0 Å². The van der Waals surface area contributed by atoms with Crippen LogP contribution in [0, 0.1) is 5.92 Å². The highest BCUT2D eigenvalue weighted by molar-refractivity contribution is 6.30. The zero-order chi connectivity index (χ0) is 22.4. The van der Waals surface area contributed by atoms with Crippen molar-refractivity contribution in [3.63, 3.8) is 0 Å². The number of nitrogens with one attached hydrogen (secondary N) is 1. The third-order valence-electron chi connectivity index (χ3n) is 6.41. The molecule has 7 heteroatoms. The van der Waals surface area contributed by atoms with Crippen molar-refractivity contribution in [3.8, 4) is 0 Å². The molecule has 2 aromatic rings. The quantitative estimate of drug-likeness (QED) is 0.674. The monoisotopic (exact) mass is 450 g/mol. The fraction of sp³-hybridized carbons (Fsp3) is 0.360. The minimum Gasteiger partial charge on any atom is -0.423 e. The average molecular weight is 451 g/mol. The summed E-state index contributed by atoms with van der Waals surface area (Å²) in [6.07, 6.45) is 6.77. The Morgan fingerprint density at radius 2 is 2.06 bits per heavy atom. The lowest BCUT2D eigenvalue weighted by molar-refractivity contribution is 0.484. The molecule has 2 atom stereocenters. The first-order valence-electron chi connectivity index (χ1n) is 11.1. The highest BCUT2D eigenvalue weighted by atomic mass is 35.5. The Labute approximate surface area is 192 Å². The molecule has 32 heavy (non-hydrogen) atoms. The first kappa shape index (κ1) is 21.0. The van der Waals surface area contributed by atoms with E-state index in [4.69, 9.17) is 16.0 Å². The molecule has 4 heterocycles. The average Bonchev–Trinajstić information content (AvgIpc) is 2.92. The Morgan fingerprint density at radius 1 is 1.22 bits per heavy atom. The molecule has 166 valence electrons. The lowest BCUT2D eigenvalue weighted by Crippen LogP contribution is -2.49. The minimum atomic E-state index is -0.307. The molecule has 3 aliphatic heterocycles. The van der Waals surface area contributed by atoms with Crippen LogP contribution in [0.25, 0.3) is 16.3 Å². The Bertz CT molecular complexity index is 1260. The molecule has 3 aliphatic rings. The first-order valence-corrected chi connectivity index (χ1v) is 11.5. The molecular weight excluding hydrogens is 424 g/mol. The largest absolute Gasteiger partial charge is 0.423 e. The number of hydrogen-bond donors (Lipinski definition) is 1. The Morgan fingerprint density at radius 3 is 2.88 bits per heavy atom. The van der Waals surface area contributed by atoms with Gasteiger partial charge in [-0.2, -0.15) is 0 Å². The number of allylic oxidation sites excluding steroid dienone is 3. The van der Waals surface area contributed by atoms with E-state index >= 15 is 0 Å². The fourth-order valence-electron chi connectivity index (χ4n) is 4.65. The van der Waals surface area contributed by atoms with Crippen LogP contribution in [0.15, 0.2) is 67.8 Å². The summed E-state index contributed by atoms with van der Waals surface area (Å²) in [6, 6.07) is 8.48. The molecule has 1 N–H and O–H groups in total. The van der Waals surface area contributed by atoms with Crippen LogP contribution < -0.4 is 15.8 Å². The third-order valence-corrected chi connectivity index (χ3v) is 6.59. The zero-order valence-corrected chi connectivity index (χ0v) is 19.3. The van der Waals surface area contributed by atoms with Crippen LogP contribution in [-0.2, 0) is 0 Å². The summed E-state index contributed by atoms with van der Waals surface area (Å²) in [5.41, 5.74) is 3.60. The van der Waals surface area contributed by atoms with Crippen molar-refractivity contribution < 1.29 is 4.42 Å². The topological polar surface area (TPSA) is 61.1 Å². The predicted molar refractivity (Wildman–Crippen MR) is 131 cm³/mol. The van der Waals surface area contributed by atoms with Crippen LogP contribution >= 0.6 is 11.6 Å². The molecule has 0 amide bonds. The Balaban J connectivity index is 1.53. The van der Waals surface area contributed by atoms with Gasteiger partial charge >= 0.3 is 5.63 Å². The number of benzene rings is 1. The molecule has 5 rings (SSSR count). The van der Waals surface area contributed by atoms with E-state index in [1.807, 2.05) is 36.2 Å². The van der Waals surface area contributed by atoms with E-state index in [1.165, 1.54) is 0 Å². The molecule has 0 aliphatic carbocycles. The number of halogens is 1. The van der Waals surface area contributed by atoms with Crippen molar-refractivity contribution in [2.75, 3.05) is 24.5 Å². The van der Waals surface area contributed by atoms with E-state index in [9.17, 15) is 4.79 Å². The summed E-state index contributed by atoms with van der Waals surface area (Å²) >= 11 is 6.20. The molecule has 2 unspecified atom stereocenters. The van der Waals surface area contributed by atoms with Crippen LogP contribution in [0.5, 0.6) is 0 Å². The number of anilines is 1. The maximum Gasteiger partial charge on any atom is 0.344 e. The van der Waals surface area contributed by atoms with E-state index in [-0.39, 0.29) is 11.5 Å². The SMILES string of the molecule is CC1=NC(Cl)=CN2C=C(c3cc4ccc(N5CCNC(C)C5)cc4c(=O)o3)C(C)CC=C12. The smallest absolute Gasteiger partial charge is 0.344 e. The van der Waals surface area contributed by atoms with Gasteiger partial charge in [0.15, 0.2) is 0 Å². The predicted octanol–water partition coefficient (Wildman–Crippen LogP) is 4.67. The van der Waals surface area contributed by atoms with E-state index in [2.05, 4.69) is 41.2 Å². The van der Waals surface area contributed by atoms with Gasteiger partial charge < -0.3 is 19.5 Å². The van der Waals surface area contributed by atoms with Gasteiger partial charge in [-0.1, -0.05) is 30.7 Å².